The second-order valence-electron chi connectivity index (χ2n) is 4.00. The third-order valence-corrected chi connectivity index (χ3v) is 3.07. The lowest BCUT2D eigenvalue weighted by Gasteiger charge is -2.02. The van der Waals surface area contributed by atoms with Crippen molar-refractivity contribution in [3.8, 4) is 0 Å². The minimum absolute atomic E-state index is 0.145. The molecular formula is C14H23NO2S. The van der Waals surface area contributed by atoms with E-state index in [1.807, 2.05) is 0 Å². The van der Waals surface area contributed by atoms with E-state index in [1.165, 1.54) is 43.2 Å². The summed E-state index contributed by atoms with van der Waals surface area (Å²) >= 11 is 0.959. The van der Waals surface area contributed by atoms with Gasteiger partial charge in [0, 0.05) is 12.6 Å². The Bertz CT molecular complexity index is 288. The highest BCUT2D eigenvalue weighted by molar-refractivity contribution is 8.16. The molecule has 0 aromatic heterocycles. The number of thioether (sulfide) groups is 1. The van der Waals surface area contributed by atoms with Crippen molar-refractivity contribution < 1.29 is 9.59 Å². The molecule has 3 nitrogen and oxygen atoms in total. The second kappa shape index (κ2) is 12.4. The van der Waals surface area contributed by atoms with Gasteiger partial charge in [0.15, 0.2) is 0 Å². The smallest absolute Gasteiger partial charge is 0.244 e. The number of nitrogens with one attached hydrogen (secondary N) is 1. The molecule has 0 aliphatic rings. The monoisotopic (exact) mass is 269 g/mol. The largest absolute Gasteiger partial charge is 0.353 e. The molecule has 1 amide bonds. The Kier molecular flexibility index (Phi) is 11.7. The van der Waals surface area contributed by atoms with Gasteiger partial charge >= 0.3 is 0 Å². The summed E-state index contributed by atoms with van der Waals surface area (Å²) in [5, 5.41) is 4.12. The first-order valence-electron chi connectivity index (χ1n) is 6.48. The van der Waals surface area contributed by atoms with Gasteiger partial charge in [-0.1, -0.05) is 57.4 Å². The molecule has 1 N–H and O–H groups in total. The van der Waals surface area contributed by atoms with Crippen molar-refractivity contribution in [3.63, 3.8) is 0 Å². The number of amides is 1. The summed E-state index contributed by atoms with van der Waals surface area (Å²) in [7, 11) is 0. The van der Waals surface area contributed by atoms with Crippen LogP contribution in [0.4, 0.5) is 0 Å². The summed E-state index contributed by atoms with van der Waals surface area (Å²) in [4.78, 5) is 22.1. The lowest BCUT2D eigenvalue weighted by Crippen LogP contribution is -2.21. The topological polar surface area (TPSA) is 46.2 Å². The van der Waals surface area contributed by atoms with Crippen molar-refractivity contribution in [1.29, 1.82) is 0 Å². The zero-order chi connectivity index (χ0) is 13.6. The van der Waals surface area contributed by atoms with Crippen LogP contribution in [0.3, 0.4) is 0 Å². The average molecular weight is 269 g/mol. The van der Waals surface area contributed by atoms with E-state index >= 15 is 0 Å². The van der Waals surface area contributed by atoms with Gasteiger partial charge in [-0.2, -0.15) is 0 Å². The zero-order valence-electron chi connectivity index (χ0n) is 11.1. The van der Waals surface area contributed by atoms with E-state index in [0.717, 1.165) is 24.6 Å². The molecule has 0 aliphatic carbocycles. The molecule has 0 aliphatic heterocycles. The maximum Gasteiger partial charge on any atom is 0.244 e. The van der Waals surface area contributed by atoms with Gasteiger partial charge in [0.1, 0.15) is 0 Å². The molecule has 0 heterocycles. The Morgan fingerprint density at radius 3 is 2.50 bits per heavy atom. The standard InChI is InChI=1S/C14H23NO2S/c1-3-5-6-7-8-9-11-15-13(16)10-12-18-14(17)4-2/h4,10,12H,2-3,5-9,11H2,1H3,(H,15,16)/b12-10-. The molecule has 0 rings (SSSR count). The molecule has 18 heavy (non-hydrogen) atoms. The zero-order valence-corrected chi connectivity index (χ0v) is 11.9. The van der Waals surface area contributed by atoms with E-state index in [1.54, 1.807) is 0 Å². The first-order chi connectivity index (χ1) is 8.70. The summed E-state index contributed by atoms with van der Waals surface area (Å²) in [6.45, 7) is 6.24. The van der Waals surface area contributed by atoms with Crippen LogP contribution in [0.15, 0.2) is 24.1 Å². The van der Waals surface area contributed by atoms with Gasteiger partial charge in [0.05, 0.1) is 0 Å². The SMILES string of the molecule is C=CC(=O)S/C=C\C(=O)NCCCCCCCC. The molecule has 0 atom stereocenters. The highest BCUT2D eigenvalue weighted by Crippen LogP contribution is 2.05. The minimum Gasteiger partial charge on any atom is -0.353 e. The molecule has 0 aromatic rings. The van der Waals surface area contributed by atoms with Gasteiger partial charge in [-0.25, -0.2) is 0 Å². The second-order valence-corrected chi connectivity index (χ2v) is 4.91. The predicted octanol–water partition coefficient (Wildman–Crippen LogP) is 3.42. The van der Waals surface area contributed by atoms with Crippen molar-refractivity contribution >= 4 is 22.8 Å². The number of hydrogen-bond acceptors (Lipinski definition) is 3. The lowest BCUT2D eigenvalue weighted by atomic mass is 10.1. The normalized spacial score (nSPS) is 10.5. The van der Waals surface area contributed by atoms with E-state index in [0.29, 0.717) is 6.54 Å². The first-order valence-corrected chi connectivity index (χ1v) is 7.36. The Morgan fingerprint density at radius 1 is 1.17 bits per heavy atom. The van der Waals surface area contributed by atoms with Gasteiger partial charge in [-0.15, -0.1) is 0 Å². The molecule has 0 bridgehead atoms. The number of carbonyl (C=O) groups is 2. The van der Waals surface area contributed by atoms with Crippen LogP contribution in [0.1, 0.15) is 45.4 Å². The summed E-state index contributed by atoms with van der Waals surface area (Å²) < 4.78 is 0. The third kappa shape index (κ3) is 11.5. The third-order valence-electron chi connectivity index (χ3n) is 2.40. The fraction of sp³-hybridized carbons (Fsp3) is 0.571. The fourth-order valence-electron chi connectivity index (χ4n) is 1.39. The molecule has 102 valence electrons. The first kappa shape index (κ1) is 17.0. The maximum atomic E-state index is 11.3. The highest BCUT2D eigenvalue weighted by Gasteiger charge is 1.96. The lowest BCUT2D eigenvalue weighted by molar-refractivity contribution is -0.116. The Morgan fingerprint density at radius 2 is 1.83 bits per heavy atom. The summed E-state index contributed by atoms with van der Waals surface area (Å²) in [5.74, 6) is -0.145. The van der Waals surface area contributed by atoms with Crippen molar-refractivity contribution in [2.45, 2.75) is 45.4 Å². The van der Waals surface area contributed by atoms with Crippen molar-refractivity contribution in [1.82, 2.24) is 5.32 Å². The van der Waals surface area contributed by atoms with E-state index in [2.05, 4.69) is 18.8 Å². The van der Waals surface area contributed by atoms with Crippen molar-refractivity contribution in [2.24, 2.45) is 0 Å². The van der Waals surface area contributed by atoms with Gasteiger partial charge in [-0.05, 0) is 17.9 Å². The molecule has 0 radical (unpaired) electrons. The summed E-state index contributed by atoms with van der Waals surface area (Å²) in [5.41, 5.74) is 0. The summed E-state index contributed by atoms with van der Waals surface area (Å²) in [6.07, 6.45) is 9.85. The predicted molar refractivity (Wildman–Crippen MR) is 78.3 cm³/mol. The van der Waals surface area contributed by atoms with Crippen LogP contribution < -0.4 is 5.32 Å². The molecule has 0 saturated carbocycles. The molecule has 0 fully saturated rings. The van der Waals surface area contributed by atoms with E-state index < -0.39 is 0 Å². The Labute approximate surface area is 114 Å². The van der Waals surface area contributed by atoms with Crippen LogP contribution in [0.2, 0.25) is 0 Å². The maximum absolute atomic E-state index is 11.3. The van der Waals surface area contributed by atoms with E-state index in [-0.39, 0.29) is 11.0 Å². The van der Waals surface area contributed by atoms with Crippen molar-refractivity contribution in [2.75, 3.05) is 6.54 Å². The molecular weight excluding hydrogens is 246 g/mol. The van der Waals surface area contributed by atoms with E-state index in [4.69, 9.17) is 0 Å². The van der Waals surface area contributed by atoms with Crippen LogP contribution in [0, 0.1) is 0 Å². The van der Waals surface area contributed by atoms with Crippen LogP contribution in [-0.4, -0.2) is 17.6 Å². The number of unbranched alkanes of at least 4 members (excludes halogenated alkanes) is 5. The molecule has 0 aromatic carbocycles. The molecule has 0 saturated heterocycles. The molecule has 0 spiro atoms. The Hall–Kier alpha value is -1.03. The average Bonchev–Trinajstić information content (AvgIpc) is 2.37. The molecule has 0 unspecified atom stereocenters. The van der Waals surface area contributed by atoms with Gasteiger partial charge in [0.2, 0.25) is 11.0 Å². The number of carbonyl (C=O) groups excluding carboxylic acids is 2. The van der Waals surface area contributed by atoms with Gasteiger partial charge in [0.25, 0.3) is 0 Å². The van der Waals surface area contributed by atoms with Crippen LogP contribution in [-0.2, 0) is 9.59 Å². The molecule has 4 heteroatoms. The van der Waals surface area contributed by atoms with Gasteiger partial charge < -0.3 is 5.32 Å². The quantitative estimate of drug-likeness (QED) is 0.488. The number of hydrogen-bond donors (Lipinski definition) is 1. The van der Waals surface area contributed by atoms with Crippen LogP contribution in [0.5, 0.6) is 0 Å². The Balaban J connectivity index is 3.42. The fourth-order valence-corrected chi connectivity index (χ4v) is 1.81. The van der Waals surface area contributed by atoms with E-state index in [9.17, 15) is 9.59 Å². The van der Waals surface area contributed by atoms with Crippen LogP contribution >= 0.6 is 11.8 Å². The van der Waals surface area contributed by atoms with Crippen LogP contribution in [0.25, 0.3) is 0 Å². The summed E-state index contributed by atoms with van der Waals surface area (Å²) in [6, 6.07) is 0. The number of rotatable bonds is 10. The minimum atomic E-state index is -0.157. The highest BCUT2D eigenvalue weighted by atomic mass is 32.2. The van der Waals surface area contributed by atoms with Crippen molar-refractivity contribution in [3.05, 3.63) is 24.1 Å². The van der Waals surface area contributed by atoms with Gasteiger partial charge in [-0.3, -0.25) is 9.59 Å².